The van der Waals surface area contributed by atoms with Gasteiger partial charge in [-0.15, -0.1) is 0 Å². The molecule has 1 heterocycles. The van der Waals surface area contributed by atoms with E-state index >= 15 is 0 Å². The standard InChI is InChI=1S/C16H20ClFN2O3/c17-13-5-11(18)1-2-12(13)16(3-4-16)7-20-14(22)19-6-15(8-21)9-23-10-15/h1-2,5,21H,3-4,6-10H2,(H2,19,20,22). The highest BCUT2D eigenvalue weighted by molar-refractivity contribution is 6.31. The third kappa shape index (κ3) is 3.44. The molecule has 5 nitrogen and oxygen atoms in total. The minimum absolute atomic E-state index is 0.0115. The van der Waals surface area contributed by atoms with Crippen LogP contribution in [0.4, 0.5) is 9.18 Å². The van der Waals surface area contributed by atoms with Gasteiger partial charge < -0.3 is 20.5 Å². The number of carbonyl (C=O) groups is 1. The highest BCUT2D eigenvalue weighted by Gasteiger charge is 2.46. The van der Waals surface area contributed by atoms with Crippen molar-refractivity contribution in [3.63, 3.8) is 0 Å². The molecule has 126 valence electrons. The van der Waals surface area contributed by atoms with Gasteiger partial charge in [-0.3, -0.25) is 0 Å². The number of rotatable bonds is 6. The Labute approximate surface area is 139 Å². The van der Waals surface area contributed by atoms with Gasteiger partial charge in [0, 0.05) is 23.5 Å². The molecule has 1 aromatic rings. The summed E-state index contributed by atoms with van der Waals surface area (Å²) in [4.78, 5) is 12.0. The van der Waals surface area contributed by atoms with E-state index < -0.39 is 0 Å². The van der Waals surface area contributed by atoms with E-state index in [0.717, 1.165) is 18.4 Å². The van der Waals surface area contributed by atoms with Crippen LogP contribution < -0.4 is 10.6 Å². The van der Waals surface area contributed by atoms with E-state index in [-0.39, 0.29) is 29.3 Å². The summed E-state index contributed by atoms with van der Waals surface area (Å²) in [7, 11) is 0. The second kappa shape index (κ2) is 6.26. The fourth-order valence-electron chi connectivity index (χ4n) is 2.83. The molecule has 23 heavy (non-hydrogen) atoms. The fraction of sp³-hybridized carbons (Fsp3) is 0.562. The van der Waals surface area contributed by atoms with Gasteiger partial charge in [-0.2, -0.15) is 0 Å². The van der Waals surface area contributed by atoms with Crippen LogP contribution in [-0.2, 0) is 10.2 Å². The number of aliphatic hydroxyl groups excluding tert-OH is 1. The van der Waals surface area contributed by atoms with Crippen molar-refractivity contribution < 1.29 is 19.0 Å². The number of carbonyl (C=O) groups excluding carboxylic acids is 1. The first-order chi connectivity index (χ1) is 11.0. The second-order valence-electron chi connectivity index (χ2n) is 6.59. The number of aliphatic hydroxyl groups is 1. The molecule has 1 aliphatic carbocycles. The number of urea groups is 1. The maximum atomic E-state index is 13.2. The maximum absolute atomic E-state index is 13.2. The molecule has 0 unspecified atom stereocenters. The highest BCUT2D eigenvalue weighted by Crippen LogP contribution is 2.50. The van der Waals surface area contributed by atoms with E-state index in [4.69, 9.17) is 16.3 Å². The number of hydrogen-bond acceptors (Lipinski definition) is 3. The first-order valence-corrected chi connectivity index (χ1v) is 8.02. The number of amides is 2. The zero-order valence-corrected chi connectivity index (χ0v) is 13.5. The van der Waals surface area contributed by atoms with Gasteiger partial charge in [0.05, 0.1) is 25.2 Å². The molecular formula is C16H20ClFN2O3. The van der Waals surface area contributed by atoms with Crippen molar-refractivity contribution >= 4 is 17.6 Å². The Hall–Kier alpha value is -1.37. The number of halogens is 2. The molecule has 2 amide bonds. The Morgan fingerprint density at radius 2 is 2.00 bits per heavy atom. The van der Waals surface area contributed by atoms with E-state index in [1.54, 1.807) is 6.07 Å². The molecule has 0 aromatic heterocycles. The molecule has 2 aliphatic rings. The van der Waals surface area contributed by atoms with Crippen molar-refractivity contribution in [2.24, 2.45) is 5.41 Å². The maximum Gasteiger partial charge on any atom is 0.314 e. The number of nitrogens with one attached hydrogen (secondary N) is 2. The van der Waals surface area contributed by atoms with Crippen LogP contribution in [-0.4, -0.2) is 44.0 Å². The van der Waals surface area contributed by atoms with Crippen LogP contribution in [0.3, 0.4) is 0 Å². The summed E-state index contributed by atoms with van der Waals surface area (Å²) in [6, 6.07) is 4.10. The summed E-state index contributed by atoms with van der Waals surface area (Å²) in [5.74, 6) is -0.364. The predicted octanol–water partition coefficient (Wildman–Crippen LogP) is 1.82. The van der Waals surface area contributed by atoms with E-state index in [0.29, 0.717) is 31.3 Å². The van der Waals surface area contributed by atoms with Crippen molar-refractivity contribution in [1.29, 1.82) is 0 Å². The molecule has 0 atom stereocenters. The zero-order valence-electron chi connectivity index (χ0n) is 12.7. The second-order valence-corrected chi connectivity index (χ2v) is 7.00. The molecule has 3 N–H and O–H groups in total. The summed E-state index contributed by atoms with van der Waals surface area (Å²) < 4.78 is 18.2. The van der Waals surface area contributed by atoms with Crippen LogP contribution in [0.5, 0.6) is 0 Å². The molecular weight excluding hydrogens is 323 g/mol. The van der Waals surface area contributed by atoms with Gasteiger partial charge in [0.25, 0.3) is 0 Å². The van der Waals surface area contributed by atoms with Crippen molar-refractivity contribution in [2.45, 2.75) is 18.3 Å². The van der Waals surface area contributed by atoms with E-state index in [9.17, 15) is 14.3 Å². The fourth-order valence-corrected chi connectivity index (χ4v) is 3.20. The number of benzene rings is 1. The average molecular weight is 343 g/mol. The first-order valence-electron chi connectivity index (χ1n) is 7.65. The van der Waals surface area contributed by atoms with Crippen molar-refractivity contribution in [1.82, 2.24) is 10.6 Å². The lowest BCUT2D eigenvalue weighted by atomic mass is 9.87. The van der Waals surface area contributed by atoms with Crippen molar-refractivity contribution in [3.05, 3.63) is 34.6 Å². The summed E-state index contributed by atoms with van der Waals surface area (Å²) in [5.41, 5.74) is 0.325. The largest absolute Gasteiger partial charge is 0.396 e. The smallest absolute Gasteiger partial charge is 0.314 e. The van der Waals surface area contributed by atoms with E-state index in [2.05, 4.69) is 10.6 Å². The van der Waals surface area contributed by atoms with Gasteiger partial charge in [-0.05, 0) is 30.5 Å². The molecule has 0 bridgehead atoms. The quantitative estimate of drug-likeness (QED) is 0.738. The SMILES string of the molecule is O=C(NCC1(CO)COC1)NCC1(c2ccc(F)cc2Cl)CC1. The predicted molar refractivity (Wildman–Crippen MR) is 84.1 cm³/mol. The van der Waals surface area contributed by atoms with Crippen molar-refractivity contribution in [3.8, 4) is 0 Å². The van der Waals surface area contributed by atoms with Gasteiger partial charge in [0.1, 0.15) is 5.82 Å². The van der Waals surface area contributed by atoms with Crippen LogP contribution >= 0.6 is 11.6 Å². The molecule has 1 saturated heterocycles. The summed E-state index contributed by atoms with van der Waals surface area (Å²) in [6.07, 6.45) is 1.82. The summed E-state index contributed by atoms with van der Waals surface area (Å²) >= 11 is 6.13. The first kappa shape index (κ1) is 16.5. The summed E-state index contributed by atoms with van der Waals surface area (Å²) in [5, 5.41) is 15.3. The minimum Gasteiger partial charge on any atom is -0.396 e. The van der Waals surface area contributed by atoms with Crippen LogP contribution in [0.1, 0.15) is 18.4 Å². The molecule has 2 fully saturated rings. The third-order valence-electron chi connectivity index (χ3n) is 4.72. The number of hydrogen-bond donors (Lipinski definition) is 3. The molecule has 1 aromatic carbocycles. The Kier molecular flexibility index (Phi) is 4.49. The van der Waals surface area contributed by atoms with Gasteiger partial charge in [-0.1, -0.05) is 17.7 Å². The molecule has 7 heteroatoms. The molecule has 1 saturated carbocycles. The third-order valence-corrected chi connectivity index (χ3v) is 5.03. The van der Waals surface area contributed by atoms with Crippen LogP contribution in [0, 0.1) is 11.2 Å². The minimum atomic E-state index is -0.364. The highest BCUT2D eigenvalue weighted by atomic mass is 35.5. The Balaban J connectivity index is 1.52. The van der Waals surface area contributed by atoms with E-state index in [1.807, 2.05) is 0 Å². The van der Waals surface area contributed by atoms with Gasteiger partial charge >= 0.3 is 6.03 Å². The number of ether oxygens (including phenoxy) is 1. The zero-order chi connectivity index (χ0) is 16.5. The van der Waals surface area contributed by atoms with Crippen LogP contribution in [0.2, 0.25) is 5.02 Å². The molecule has 1 aliphatic heterocycles. The molecule has 0 radical (unpaired) electrons. The summed E-state index contributed by atoms with van der Waals surface area (Å²) in [6.45, 7) is 1.73. The monoisotopic (exact) mass is 342 g/mol. The molecule has 0 spiro atoms. The van der Waals surface area contributed by atoms with Crippen molar-refractivity contribution in [2.75, 3.05) is 32.9 Å². The normalized spacial score (nSPS) is 20.5. The lowest BCUT2D eigenvalue weighted by Crippen LogP contribution is -2.54. The Bertz CT molecular complexity index is 597. The van der Waals surface area contributed by atoms with E-state index in [1.165, 1.54) is 12.1 Å². The topological polar surface area (TPSA) is 70.6 Å². The van der Waals surface area contributed by atoms with Crippen LogP contribution in [0.25, 0.3) is 0 Å². The van der Waals surface area contributed by atoms with Gasteiger partial charge in [0.2, 0.25) is 0 Å². The lowest BCUT2D eigenvalue weighted by Gasteiger charge is -2.39. The van der Waals surface area contributed by atoms with Crippen LogP contribution in [0.15, 0.2) is 18.2 Å². The average Bonchev–Trinajstić information content (AvgIpc) is 3.25. The Morgan fingerprint density at radius 1 is 1.30 bits per heavy atom. The lowest BCUT2D eigenvalue weighted by molar-refractivity contribution is -0.132. The molecule has 3 rings (SSSR count). The Morgan fingerprint density at radius 3 is 2.52 bits per heavy atom. The van der Waals surface area contributed by atoms with Gasteiger partial charge in [0.15, 0.2) is 0 Å². The van der Waals surface area contributed by atoms with Gasteiger partial charge in [-0.25, -0.2) is 9.18 Å².